The highest BCUT2D eigenvalue weighted by molar-refractivity contribution is 6.40. The first-order chi connectivity index (χ1) is 18.1. The zero-order chi connectivity index (χ0) is 28.7. The third kappa shape index (κ3) is 3.61. The van der Waals surface area contributed by atoms with Crippen LogP contribution in [0.4, 0.5) is 0 Å². The summed E-state index contributed by atoms with van der Waals surface area (Å²) in [6.45, 7) is 7.28. The molecular weight excluding hydrogens is 508 g/mol. The van der Waals surface area contributed by atoms with Crippen LogP contribution in [-0.4, -0.2) is 81.0 Å². The largest absolute Gasteiger partial charge is 0.455 e. The third-order valence-corrected chi connectivity index (χ3v) is 10.2. The van der Waals surface area contributed by atoms with E-state index in [0.29, 0.717) is 0 Å². The van der Waals surface area contributed by atoms with Crippen molar-refractivity contribution in [2.75, 3.05) is 6.61 Å². The molecule has 10 atom stereocenters. The third-order valence-electron chi connectivity index (χ3n) is 10.2. The van der Waals surface area contributed by atoms with E-state index in [1.165, 1.54) is 26.0 Å². The van der Waals surface area contributed by atoms with Gasteiger partial charge in [-0.05, 0) is 25.0 Å². The van der Waals surface area contributed by atoms with Crippen molar-refractivity contribution < 1.29 is 48.7 Å². The Morgan fingerprint density at radius 1 is 1.08 bits per heavy atom. The molecule has 1 aliphatic heterocycles. The molecule has 1 saturated heterocycles. The standard InChI is InChI=1S/C29H36O10/c1-14-17(31)12-29(36)24(38-25(35)16-9-7-6-8-10-16)22-27(5,23(34)21(33)20(14)26(29,3)4)18(32)11-19-28(22,13-37-19)39-15(2)30/h6-10,14,17-20,22,24,31-32,36H,11-13H2,1-5H3/t14?,17-,18-,19+,20?,22-,24?,27+,28-,29+/m0/s1. The number of hydrogen-bond acceptors (Lipinski definition) is 10. The predicted octanol–water partition coefficient (Wildman–Crippen LogP) is 1.23. The Morgan fingerprint density at radius 2 is 1.72 bits per heavy atom. The van der Waals surface area contributed by atoms with E-state index in [0.717, 1.165) is 0 Å². The van der Waals surface area contributed by atoms with Gasteiger partial charge in [-0.3, -0.25) is 14.4 Å². The summed E-state index contributed by atoms with van der Waals surface area (Å²) in [5.41, 5.74) is -6.75. The average Bonchev–Trinajstić information content (AvgIpc) is 2.87. The number of esters is 2. The Balaban J connectivity index is 1.80. The van der Waals surface area contributed by atoms with Gasteiger partial charge in [0, 0.05) is 31.1 Å². The number of fused-ring (bicyclic) bond motifs is 5. The summed E-state index contributed by atoms with van der Waals surface area (Å²) in [6, 6.07) is 8.06. The Hall–Kier alpha value is -2.66. The zero-order valence-corrected chi connectivity index (χ0v) is 22.7. The Bertz CT molecular complexity index is 1210. The van der Waals surface area contributed by atoms with E-state index < -0.39 is 87.7 Å². The molecule has 10 heteroatoms. The fraction of sp³-hybridized carbons (Fsp3) is 0.655. The molecule has 3 saturated carbocycles. The molecule has 5 rings (SSSR count). The quantitative estimate of drug-likeness (QED) is 0.373. The summed E-state index contributed by atoms with van der Waals surface area (Å²) < 4.78 is 17.7. The molecule has 4 aliphatic rings. The maximum absolute atomic E-state index is 14.2. The number of aliphatic hydroxyl groups is 3. The van der Waals surface area contributed by atoms with Crippen LogP contribution >= 0.6 is 0 Å². The minimum absolute atomic E-state index is 0.108. The first-order valence-corrected chi connectivity index (χ1v) is 13.4. The first kappa shape index (κ1) is 27.9. The molecule has 3 N–H and O–H groups in total. The molecule has 1 heterocycles. The first-order valence-electron chi connectivity index (χ1n) is 13.4. The number of carbonyl (C=O) groups is 4. The minimum atomic E-state index is -2.07. The second kappa shape index (κ2) is 8.92. The van der Waals surface area contributed by atoms with E-state index in [1.807, 2.05) is 0 Å². The lowest BCUT2D eigenvalue weighted by Crippen LogP contribution is -2.82. The number of carbonyl (C=O) groups excluding carboxylic acids is 4. The van der Waals surface area contributed by atoms with Gasteiger partial charge in [0.1, 0.15) is 17.8 Å². The van der Waals surface area contributed by atoms with E-state index in [9.17, 15) is 34.5 Å². The SMILES string of the molecule is CC(=O)O[C@@]12CO[C@@H]1C[C@H](O)[C@@]1(C)C(=O)C(=O)C3C(C)[C@@H](O)C[C@@](O)(C(OC(=O)c4ccccc4)[C@H]21)C3(C)C. The van der Waals surface area contributed by atoms with Crippen LogP contribution in [0, 0.1) is 28.6 Å². The fourth-order valence-corrected chi connectivity index (χ4v) is 7.95. The van der Waals surface area contributed by atoms with Crippen molar-refractivity contribution in [3.63, 3.8) is 0 Å². The minimum Gasteiger partial charge on any atom is -0.455 e. The molecule has 1 aromatic carbocycles. The summed E-state index contributed by atoms with van der Waals surface area (Å²) in [5.74, 6) is -6.47. The molecule has 0 spiro atoms. The van der Waals surface area contributed by atoms with Crippen molar-refractivity contribution in [1.29, 1.82) is 0 Å². The van der Waals surface area contributed by atoms with Gasteiger partial charge >= 0.3 is 11.9 Å². The smallest absolute Gasteiger partial charge is 0.338 e. The Morgan fingerprint density at radius 3 is 2.28 bits per heavy atom. The van der Waals surface area contributed by atoms with Crippen molar-refractivity contribution in [3.8, 4) is 0 Å². The van der Waals surface area contributed by atoms with Gasteiger partial charge in [0.15, 0.2) is 5.60 Å². The van der Waals surface area contributed by atoms with E-state index in [-0.39, 0.29) is 25.0 Å². The molecular formula is C29H36O10. The summed E-state index contributed by atoms with van der Waals surface area (Å²) >= 11 is 0. The highest BCUT2D eigenvalue weighted by atomic mass is 16.6. The van der Waals surface area contributed by atoms with Crippen LogP contribution in [0.1, 0.15) is 57.8 Å². The van der Waals surface area contributed by atoms with Crippen molar-refractivity contribution in [2.45, 2.75) is 83.1 Å². The predicted molar refractivity (Wildman–Crippen MR) is 134 cm³/mol. The number of Topliss-reactive ketones (excluding diaryl/α,β-unsaturated/α-hetero) is 2. The van der Waals surface area contributed by atoms with Crippen LogP contribution < -0.4 is 0 Å². The maximum Gasteiger partial charge on any atom is 0.338 e. The lowest BCUT2D eigenvalue weighted by Gasteiger charge is -2.67. The van der Waals surface area contributed by atoms with Crippen LogP contribution in [0.5, 0.6) is 0 Å². The van der Waals surface area contributed by atoms with Crippen LogP contribution in [-0.2, 0) is 28.6 Å². The van der Waals surface area contributed by atoms with Gasteiger partial charge in [-0.25, -0.2) is 4.79 Å². The van der Waals surface area contributed by atoms with Gasteiger partial charge < -0.3 is 29.5 Å². The second-order valence-corrected chi connectivity index (χ2v) is 12.5. The van der Waals surface area contributed by atoms with Crippen molar-refractivity contribution in [3.05, 3.63) is 35.9 Å². The van der Waals surface area contributed by atoms with Crippen molar-refractivity contribution in [2.24, 2.45) is 28.6 Å². The summed E-state index contributed by atoms with van der Waals surface area (Å²) in [4.78, 5) is 54.2. The molecule has 10 nitrogen and oxygen atoms in total. The van der Waals surface area contributed by atoms with Gasteiger partial charge in [-0.15, -0.1) is 0 Å². The molecule has 0 amide bonds. The van der Waals surface area contributed by atoms with Crippen LogP contribution in [0.15, 0.2) is 30.3 Å². The van der Waals surface area contributed by atoms with Gasteiger partial charge in [-0.2, -0.15) is 0 Å². The molecule has 0 aromatic heterocycles. The molecule has 4 fully saturated rings. The number of ether oxygens (including phenoxy) is 3. The van der Waals surface area contributed by atoms with Gasteiger partial charge in [0.25, 0.3) is 0 Å². The molecule has 0 radical (unpaired) electrons. The summed E-state index contributed by atoms with van der Waals surface area (Å²) in [5, 5.41) is 35.2. The number of rotatable bonds is 3. The Labute approximate surface area is 226 Å². The number of benzene rings is 1. The molecule has 3 aliphatic carbocycles. The number of aliphatic hydroxyl groups excluding tert-OH is 2. The van der Waals surface area contributed by atoms with Crippen LogP contribution in [0.25, 0.3) is 0 Å². The molecule has 2 bridgehead atoms. The second-order valence-electron chi connectivity index (χ2n) is 12.5. The topological polar surface area (TPSA) is 157 Å². The van der Waals surface area contributed by atoms with E-state index in [4.69, 9.17) is 14.2 Å². The van der Waals surface area contributed by atoms with Gasteiger partial charge in [-0.1, -0.05) is 39.0 Å². The highest BCUT2D eigenvalue weighted by Gasteiger charge is 2.78. The van der Waals surface area contributed by atoms with E-state index in [2.05, 4.69) is 0 Å². The van der Waals surface area contributed by atoms with Crippen molar-refractivity contribution in [1.82, 2.24) is 0 Å². The molecule has 3 unspecified atom stereocenters. The maximum atomic E-state index is 14.2. The monoisotopic (exact) mass is 544 g/mol. The lowest BCUT2D eigenvalue weighted by atomic mass is 9.42. The molecule has 1 aromatic rings. The number of ketones is 2. The Kier molecular flexibility index (Phi) is 6.38. The van der Waals surface area contributed by atoms with Gasteiger partial charge in [0.2, 0.25) is 11.6 Å². The lowest BCUT2D eigenvalue weighted by molar-refractivity contribution is -0.349. The fourth-order valence-electron chi connectivity index (χ4n) is 7.95. The van der Waals surface area contributed by atoms with Gasteiger partial charge in [0.05, 0.1) is 35.7 Å². The number of hydrogen-bond donors (Lipinski definition) is 3. The molecule has 39 heavy (non-hydrogen) atoms. The van der Waals surface area contributed by atoms with Crippen molar-refractivity contribution >= 4 is 23.5 Å². The van der Waals surface area contributed by atoms with E-state index >= 15 is 0 Å². The van der Waals surface area contributed by atoms with Crippen LogP contribution in [0.3, 0.4) is 0 Å². The summed E-state index contributed by atoms with van der Waals surface area (Å²) in [7, 11) is 0. The zero-order valence-electron chi connectivity index (χ0n) is 22.7. The van der Waals surface area contributed by atoms with Crippen LogP contribution in [0.2, 0.25) is 0 Å². The summed E-state index contributed by atoms with van der Waals surface area (Å²) in [6.07, 6.45) is -5.48. The average molecular weight is 545 g/mol. The normalized spacial score (nSPS) is 44.6. The van der Waals surface area contributed by atoms with E-state index in [1.54, 1.807) is 39.0 Å². The highest BCUT2D eigenvalue weighted by Crippen LogP contribution is 2.64. The molecule has 212 valence electrons.